The molecule has 1 aromatic heterocycles. The summed E-state index contributed by atoms with van der Waals surface area (Å²) < 4.78 is 5.40. The Balaban J connectivity index is 1.38. The minimum atomic E-state index is 0.267. The lowest BCUT2D eigenvalue weighted by atomic mass is 9.73. The van der Waals surface area contributed by atoms with Crippen molar-refractivity contribution < 1.29 is 9.32 Å². The number of amides is 1. The summed E-state index contributed by atoms with van der Waals surface area (Å²) in [4.78, 5) is 21.4. The molecule has 3 heterocycles. The third kappa shape index (κ3) is 3.89. The number of hydrogen-bond acceptors (Lipinski definition) is 5. The molecule has 0 radical (unpaired) electrons. The molecule has 2 saturated heterocycles. The Bertz CT molecular complexity index is 612. The monoisotopic (exact) mass is 346 g/mol. The minimum Gasteiger partial charge on any atom is -0.342 e. The number of carbonyl (C=O) groups is 1. The maximum atomic E-state index is 12.3. The summed E-state index contributed by atoms with van der Waals surface area (Å²) in [5, 5.41) is 4.18. The number of rotatable bonds is 6. The summed E-state index contributed by atoms with van der Waals surface area (Å²) in [6.45, 7) is 6.97. The van der Waals surface area contributed by atoms with Crippen LogP contribution in [0, 0.1) is 5.41 Å². The van der Waals surface area contributed by atoms with Crippen molar-refractivity contribution in [3.8, 4) is 0 Å². The van der Waals surface area contributed by atoms with Crippen LogP contribution in [0.1, 0.15) is 75.9 Å². The second-order valence-electron chi connectivity index (χ2n) is 8.31. The molecule has 0 bridgehead atoms. The Morgan fingerprint density at radius 3 is 2.96 bits per heavy atom. The molecule has 1 atom stereocenters. The molecular weight excluding hydrogens is 316 g/mol. The average molecular weight is 346 g/mol. The van der Waals surface area contributed by atoms with Gasteiger partial charge in [0.1, 0.15) is 0 Å². The van der Waals surface area contributed by atoms with Gasteiger partial charge in [-0.2, -0.15) is 4.98 Å². The Kier molecular flexibility index (Phi) is 4.80. The van der Waals surface area contributed by atoms with Crippen molar-refractivity contribution >= 4 is 5.91 Å². The number of unbranched alkanes of at least 4 members (excludes halogenated alkanes) is 1. The first-order valence-corrected chi connectivity index (χ1v) is 10.00. The van der Waals surface area contributed by atoms with Gasteiger partial charge in [0.05, 0.1) is 6.54 Å². The van der Waals surface area contributed by atoms with Crippen LogP contribution < -0.4 is 0 Å². The van der Waals surface area contributed by atoms with Crippen LogP contribution in [0.2, 0.25) is 0 Å². The number of likely N-dealkylation sites (tertiary alicyclic amines) is 2. The lowest BCUT2D eigenvalue weighted by molar-refractivity contribution is -0.139. The van der Waals surface area contributed by atoms with Gasteiger partial charge in [-0.25, -0.2) is 0 Å². The second-order valence-corrected chi connectivity index (χ2v) is 8.31. The molecule has 4 rings (SSSR count). The number of carbonyl (C=O) groups excluding carboxylic acids is 1. The van der Waals surface area contributed by atoms with E-state index in [1.54, 1.807) is 0 Å². The Morgan fingerprint density at radius 1 is 1.28 bits per heavy atom. The molecule has 3 fully saturated rings. The number of piperidine rings is 2. The van der Waals surface area contributed by atoms with Gasteiger partial charge in [-0.1, -0.05) is 18.5 Å². The van der Waals surface area contributed by atoms with E-state index in [9.17, 15) is 4.79 Å². The fourth-order valence-corrected chi connectivity index (χ4v) is 4.46. The van der Waals surface area contributed by atoms with E-state index in [-0.39, 0.29) is 5.41 Å². The van der Waals surface area contributed by atoms with E-state index in [1.165, 1.54) is 25.7 Å². The SMILES string of the molecule is CCCCN1C[C@]2(CCCN(Cc3noc(C4CC4)n3)C2)CCC1=O. The maximum absolute atomic E-state index is 12.3. The van der Waals surface area contributed by atoms with Crippen molar-refractivity contribution in [2.45, 2.75) is 70.8 Å². The fraction of sp³-hybridized carbons (Fsp3) is 0.842. The summed E-state index contributed by atoms with van der Waals surface area (Å²) >= 11 is 0. The normalized spacial score (nSPS) is 28.0. The van der Waals surface area contributed by atoms with E-state index in [0.717, 1.165) is 63.7 Å². The third-order valence-electron chi connectivity index (χ3n) is 6.05. The smallest absolute Gasteiger partial charge is 0.229 e. The van der Waals surface area contributed by atoms with Crippen LogP contribution in [-0.4, -0.2) is 52.0 Å². The van der Waals surface area contributed by atoms with Gasteiger partial charge in [-0.3, -0.25) is 9.69 Å². The van der Waals surface area contributed by atoms with Crippen LogP contribution >= 0.6 is 0 Å². The topological polar surface area (TPSA) is 62.5 Å². The van der Waals surface area contributed by atoms with Crippen molar-refractivity contribution in [1.29, 1.82) is 0 Å². The van der Waals surface area contributed by atoms with Crippen LogP contribution in [0.5, 0.6) is 0 Å². The summed E-state index contributed by atoms with van der Waals surface area (Å²) in [5.41, 5.74) is 0.267. The molecule has 25 heavy (non-hydrogen) atoms. The standard InChI is InChI=1S/C19H30N4O2/c1-2-3-11-23-14-19(9-7-17(23)24)8-4-10-22(13-19)12-16-20-18(25-21-16)15-5-6-15/h15H,2-14H2,1H3/t19-/m1/s1. The van der Waals surface area contributed by atoms with Crippen molar-refractivity contribution in [3.05, 3.63) is 11.7 Å². The highest BCUT2D eigenvalue weighted by Gasteiger charge is 2.41. The predicted octanol–water partition coefficient (Wildman–Crippen LogP) is 2.95. The Hall–Kier alpha value is -1.43. The Morgan fingerprint density at radius 2 is 2.16 bits per heavy atom. The first kappa shape index (κ1) is 17.0. The van der Waals surface area contributed by atoms with E-state index in [1.807, 2.05) is 0 Å². The molecule has 0 N–H and O–H groups in total. The molecule has 2 aliphatic heterocycles. The minimum absolute atomic E-state index is 0.267. The Labute approximate surface area is 149 Å². The molecule has 6 nitrogen and oxygen atoms in total. The predicted molar refractivity (Wildman–Crippen MR) is 93.9 cm³/mol. The van der Waals surface area contributed by atoms with Crippen LogP contribution in [0.4, 0.5) is 0 Å². The van der Waals surface area contributed by atoms with Crippen molar-refractivity contribution in [2.24, 2.45) is 5.41 Å². The third-order valence-corrected chi connectivity index (χ3v) is 6.05. The van der Waals surface area contributed by atoms with Gasteiger partial charge in [0.15, 0.2) is 5.82 Å². The molecule has 1 aromatic rings. The zero-order valence-corrected chi connectivity index (χ0v) is 15.4. The van der Waals surface area contributed by atoms with Gasteiger partial charge in [0.2, 0.25) is 11.8 Å². The van der Waals surface area contributed by atoms with E-state index in [0.29, 0.717) is 18.2 Å². The molecule has 3 aliphatic rings. The van der Waals surface area contributed by atoms with Crippen LogP contribution in [0.25, 0.3) is 0 Å². The lowest BCUT2D eigenvalue weighted by Crippen LogP contribution is -2.54. The maximum Gasteiger partial charge on any atom is 0.229 e. The molecule has 1 aliphatic carbocycles. The van der Waals surface area contributed by atoms with Gasteiger partial charge < -0.3 is 9.42 Å². The van der Waals surface area contributed by atoms with Crippen molar-refractivity contribution in [1.82, 2.24) is 19.9 Å². The first-order valence-electron chi connectivity index (χ1n) is 10.00. The second kappa shape index (κ2) is 7.06. The van der Waals surface area contributed by atoms with Crippen molar-refractivity contribution in [3.63, 3.8) is 0 Å². The molecule has 1 saturated carbocycles. The molecule has 1 amide bonds. The van der Waals surface area contributed by atoms with Crippen molar-refractivity contribution in [2.75, 3.05) is 26.2 Å². The number of nitrogens with zero attached hydrogens (tertiary/aromatic N) is 4. The molecule has 6 heteroatoms. The van der Waals surface area contributed by atoms with Gasteiger partial charge in [0, 0.05) is 37.4 Å². The highest BCUT2D eigenvalue weighted by Crippen LogP contribution is 2.40. The van der Waals surface area contributed by atoms with E-state index >= 15 is 0 Å². The molecule has 0 aromatic carbocycles. The van der Waals surface area contributed by atoms with Crippen LogP contribution in [0.15, 0.2) is 4.52 Å². The van der Waals surface area contributed by atoms with Gasteiger partial charge >= 0.3 is 0 Å². The fourth-order valence-electron chi connectivity index (χ4n) is 4.46. The van der Waals surface area contributed by atoms with Crippen LogP contribution in [0.3, 0.4) is 0 Å². The number of hydrogen-bond donors (Lipinski definition) is 0. The highest BCUT2D eigenvalue weighted by molar-refractivity contribution is 5.77. The molecule has 0 unspecified atom stereocenters. The van der Waals surface area contributed by atoms with E-state index < -0.39 is 0 Å². The first-order chi connectivity index (χ1) is 12.2. The lowest BCUT2D eigenvalue weighted by Gasteiger charge is -2.48. The zero-order valence-electron chi connectivity index (χ0n) is 15.4. The molecular formula is C19H30N4O2. The van der Waals surface area contributed by atoms with Gasteiger partial charge in [0.25, 0.3) is 0 Å². The zero-order chi connectivity index (χ0) is 17.3. The van der Waals surface area contributed by atoms with E-state index in [2.05, 4.69) is 26.9 Å². The summed E-state index contributed by atoms with van der Waals surface area (Å²) in [6, 6.07) is 0. The van der Waals surface area contributed by atoms with Gasteiger partial charge in [-0.15, -0.1) is 0 Å². The average Bonchev–Trinajstić information content (AvgIpc) is 3.36. The number of aromatic nitrogens is 2. The van der Waals surface area contributed by atoms with E-state index in [4.69, 9.17) is 4.52 Å². The summed E-state index contributed by atoms with van der Waals surface area (Å²) in [5.74, 6) is 2.53. The highest BCUT2D eigenvalue weighted by atomic mass is 16.5. The summed E-state index contributed by atoms with van der Waals surface area (Å²) in [7, 11) is 0. The van der Waals surface area contributed by atoms with Crippen LogP contribution in [-0.2, 0) is 11.3 Å². The molecule has 138 valence electrons. The van der Waals surface area contributed by atoms with Gasteiger partial charge in [-0.05, 0) is 45.1 Å². The molecule has 1 spiro atoms. The summed E-state index contributed by atoms with van der Waals surface area (Å²) in [6.07, 6.45) is 8.81. The quantitative estimate of drug-likeness (QED) is 0.792. The largest absolute Gasteiger partial charge is 0.342 e.